The summed E-state index contributed by atoms with van der Waals surface area (Å²) < 4.78 is 6.65. The molecule has 6 nitrogen and oxygen atoms in total. The lowest BCUT2D eigenvalue weighted by atomic mass is 10.2. The van der Waals surface area contributed by atoms with Crippen LogP contribution in [0.2, 0.25) is 0 Å². The molecular formula is C15H14N4O2. The van der Waals surface area contributed by atoms with E-state index < -0.39 is 5.97 Å². The van der Waals surface area contributed by atoms with Crippen molar-refractivity contribution in [3.8, 4) is 5.82 Å². The second-order valence-electron chi connectivity index (χ2n) is 4.47. The summed E-state index contributed by atoms with van der Waals surface area (Å²) in [6, 6.07) is 8.84. The van der Waals surface area contributed by atoms with Crippen LogP contribution in [0.3, 0.4) is 0 Å². The number of ether oxygens (including phenoxy) is 1. The molecule has 0 aliphatic carbocycles. The number of anilines is 1. The second kappa shape index (κ2) is 5.24. The molecule has 0 atom stereocenters. The lowest BCUT2D eigenvalue weighted by Crippen LogP contribution is -2.12. The summed E-state index contributed by atoms with van der Waals surface area (Å²) in [4.78, 5) is 16.3. The Balaban J connectivity index is 2.19. The van der Waals surface area contributed by atoms with Gasteiger partial charge >= 0.3 is 5.97 Å². The van der Waals surface area contributed by atoms with Crippen molar-refractivity contribution in [1.82, 2.24) is 14.8 Å². The SMILES string of the molecule is CCOC(=O)c1cccnc1-n1ncc2ccc(N)cc21. The summed E-state index contributed by atoms with van der Waals surface area (Å²) in [5.74, 6) is 0.00435. The monoisotopic (exact) mass is 282 g/mol. The van der Waals surface area contributed by atoms with E-state index in [4.69, 9.17) is 10.5 Å². The fourth-order valence-electron chi connectivity index (χ4n) is 2.14. The molecule has 0 aliphatic rings. The van der Waals surface area contributed by atoms with E-state index in [1.807, 2.05) is 6.07 Å². The van der Waals surface area contributed by atoms with Crippen LogP contribution in [0.15, 0.2) is 42.7 Å². The van der Waals surface area contributed by atoms with Gasteiger partial charge in [0, 0.05) is 17.3 Å². The van der Waals surface area contributed by atoms with Crippen LogP contribution in [-0.2, 0) is 4.74 Å². The van der Waals surface area contributed by atoms with Gasteiger partial charge in [-0.1, -0.05) is 0 Å². The maximum Gasteiger partial charge on any atom is 0.341 e. The number of aromatic nitrogens is 3. The molecule has 1 aromatic carbocycles. The normalized spacial score (nSPS) is 10.7. The maximum absolute atomic E-state index is 12.0. The fourth-order valence-corrected chi connectivity index (χ4v) is 2.14. The average molecular weight is 282 g/mol. The number of fused-ring (bicyclic) bond motifs is 1. The Bertz CT molecular complexity index is 810. The van der Waals surface area contributed by atoms with Crippen LogP contribution in [0.5, 0.6) is 0 Å². The highest BCUT2D eigenvalue weighted by molar-refractivity contribution is 5.94. The van der Waals surface area contributed by atoms with Crippen molar-refractivity contribution in [2.24, 2.45) is 0 Å². The third-order valence-corrected chi connectivity index (χ3v) is 3.08. The van der Waals surface area contributed by atoms with E-state index in [9.17, 15) is 4.79 Å². The Hall–Kier alpha value is -2.89. The minimum absolute atomic E-state index is 0.306. The predicted octanol–water partition coefficient (Wildman–Crippen LogP) is 2.18. The van der Waals surface area contributed by atoms with E-state index in [0.717, 1.165) is 10.9 Å². The van der Waals surface area contributed by atoms with E-state index in [0.29, 0.717) is 23.7 Å². The number of nitrogens with zero attached hydrogens (tertiary/aromatic N) is 3. The highest BCUT2D eigenvalue weighted by Crippen LogP contribution is 2.22. The Kier molecular flexibility index (Phi) is 3.27. The molecule has 106 valence electrons. The zero-order valence-corrected chi connectivity index (χ0v) is 11.5. The van der Waals surface area contributed by atoms with Crippen molar-refractivity contribution in [3.05, 3.63) is 48.3 Å². The highest BCUT2D eigenvalue weighted by Gasteiger charge is 2.17. The van der Waals surface area contributed by atoms with Gasteiger partial charge in [0.05, 0.1) is 18.3 Å². The van der Waals surface area contributed by atoms with Crippen LogP contribution in [0.25, 0.3) is 16.7 Å². The van der Waals surface area contributed by atoms with Gasteiger partial charge in [-0.3, -0.25) is 0 Å². The van der Waals surface area contributed by atoms with Gasteiger partial charge in [0.15, 0.2) is 5.82 Å². The van der Waals surface area contributed by atoms with Crippen LogP contribution in [-0.4, -0.2) is 27.3 Å². The molecule has 0 aliphatic heterocycles. The van der Waals surface area contributed by atoms with Crippen molar-refractivity contribution in [3.63, 3.8) is 0 Å². The third kappa shape index (κ3) is 2.31. The molecule has 6 heteroatoms. The van der Waals surface area contributed by atoms with E-state index >= 15 is 0 Å². The largest absolute Gasteiger partial charge is 0.462 e. The molecule has 2 aromatic heterocycles. The summed E-state index contributed by atoms with van der Waals surface area (Å²) in [6.45, 7) is 2.07. The lowest BCUT2D eigenvalue weighted by molar-refractivity contribution is 0.0526. The van der Waals surface area contributed by atoms with E-state index in [1.165, 1.54) is 0 Å². The van der Waals surface area contributed by atoms with Crippen LogP contribution < -0.4 is 5.73 Å². The summed E-state index contributed by atoms with van der Waals surface area (Å²) in [5, 5.41) is 5.22. The zero-order chi connectivity index (χ0) is 14.8. The Morgan fingerprint density at radius 3 is 3.05 bits per heavy atom. The molecule has 3 rings (SSSR count). The zero-order valence-electron chi connectivity index (χ0n) is 11.5. The first-order valence-electron chi connectivity index (χ1n) is 6.56. The maximum atomic E-state index is 12.0. The second-order valence-corrected chi connectivity index (χ2v) is 4.47. The molecule has 0 saturated heterocycles. The molecule has 2 N–H and O–H groups in total. The molecular weight excluding hydrogens is 268 g/mol. The summed E-state index contributed by atoms with van der Waals surface area (Å²) in [6.07, 6.45) is 3.32. The summed E-state index contributed by atoms with van der Waals surface area (Å²) >= 11 is 0. The number of benzene rings is 1. The van der Waals surface area contributed by atoms with Gasteiger partial charge in [-0.15, -0.1) is 0 Å². The molecule has 0 unspecified atom stereocenters. The number of esters is 1. The molecule has 2 heterocycles. The molecule has 21 heavy (non-hydrogen) atoms. The predicted molar refractivity (Wildman–Crippen MR) is 79.2 cm³/mol. The molecule has 0 radical (unpaired) electrons. The smallest absolute Gasteiger partial charge is 0.341 e. The standard InChI is InChI=1S/C15H14N4O2/c1-2-21-15(20)12-4-3-7-17-14(12)19-13-8-11(16)6-5-10(13)9-18-19/h3-9H,2,16H2,1H3. The van der Waals surface area contributed by atoms with Crippen molar-refractivity contribution >= 4 is 22.6 Å². The Labute approximate surface area is 121 Å². The first-order valence-corrected chi connectivity index (χ1v) is 6.56. The molecule has 0 amide bonds. The number of nitrogen functional groups attached to an aromatic ring is 1. The van der Waals surface area contributed by atoms with Crippen LogP contribution in [0.4, 0.5) is 5.69 Å². The number of carbonyl (C=O) groups is 1. The van der Waals surface area contributed by atoms with Crippen LogP contribution >= 0.6 is 0 Å². The Morgan fingerprint density at radius 1 is 1.38 bits per heavy atom. The van der Waals surface area contributed by atoms with E-state index in [-0.39, 0.29) is 0 Å². The number of pyridine rings is 1. The number of hydrogen-bond donors (Lipinski definition) is 1. The quantitative estimate of drug-likeness (QED) is 0.588. The summed E-state index contributed by atoms with van der Waals surface area (Å²) in [5.41, 5.74) is 7.60. The minimum atomic E-state index is -0.423. The number of nitrogens with two attached hydrogens (primary N) is 1. The first kappa shape index (κ1) is 13.1. The summed E-state index contributed by atoms with van der Waals surface area (Å²) in [7, 11) is 0. The van der Waals surface area contributed by atoms with E-state index in [2.05, 4.69) is 10.1 Å². The average Bonchev–Trinajstić information content (AvgIpc) is 2.90. The fraction of sp³-hybridized carbons (Fsp3) is 0.133. The van der Waals surface area contributed by atoms with Crippen LogP contribution in [0.1, 0.15) is 17.3 Å². The minimum Gasteiger partial charge on any atom is -0.462 e. The molecule has 3 aromatic rings. The lowest BCUT2D eigenvalue weighted by Gasteiger charge is -2.08. The number of carbonyl (C=O) groups excluding carboxylic acids is 1. The van der Waals surface area contributed by atoms with Gasteiger partial charge in [0.1, 0.15) is 5.56 Å². The van der Waals surface area contributed by atoms with E-state index in [1.54, 1.807) is 48.3 Å². The van der Waals surface area contributed by atoms with Crippen LogP contribution in [0, 0.1) is 0 Å². The topological polar surface area (TPSA) is 83.0 Å². The molecule has 0 fully saturated rings. The van der Waals surface area contributed by atoms with Crippen molar-refractivity contribution < 1.29 is 9.53 Å². The molecule has 0 spiro atoms. The first-order chi connectivity index (χ1) is 10.2. The van der Waals surface area contributed by atoms with Gasteiger partial charge in [-0.25, -0.2) is 14.5 Å². The van der Waals surface area contributed by atoms with Gasteiger partial charge in [-0.05, 0) is 37.3 Å². The van der Waals surface area contributed by atoms with Gasteiger partial charge in [0.25, 0.3) is 0 Å². The molecule has 0 bridgehead atoms. The van der Waals surface area contributed by atoms with Crippen molar-refractivity contribution in [1.29, 1.82) is 0 Å². The highest BCUT2D eigenvalue weighted by atomic mass is 16.5. The Morgan fingerprint density at radius 2 is 2.24 bits per heavy atom. The van der Waals surface area contributed by atoms with Gasteiger partial charge in [-0.2, -0.15) is 5.10 Å². The number of hydrogen-bond acceptors (Lipinski definition) is 5. The third-order valence-electron chi connectivity index (χ3n) is 3.08. The van der Waals surface area contributed by atoms with Crippen molar-refractivity contribution in [2.45, 2.75) is 6.92 Å². The van der Waals surface area contributed by atoms with Crippen molar-refractivity contribution in [2.75, 3.05) is 12.3 Å². The van der Waals surface area contributed by atoms with Gasteiger partial charge in [0.2, 0.25) is 0 Å². The number of rotatable bonds is 3. The molecule has 0 saturated carbocycles. The van der Waals surface area contributed by atoms with Gasteiger partial charge < -0.3 is 10.5 Å².